The van der Waals surface area contributed by atoms with Crippen molar-refractivity contribution in [3.63, 3.8) is 0 Å². The summed E-state index contributed by atoms with van der Waals surface area (Å²) in [6, 6.07) is 9.99. The van der Waals surface area contributed by atoms with Crippen LogP contribution in [0.2, 0.25) is 0 Å². The third kappa shape index (κ3) is 3.05. The molecule has 0 fully saturated rings. The number of primary amides is 1. The summed E-state index contributed by atoms with van der Waals surface area (Å²) in [7, 11) is 0. The number of anilines is 1. The maximum Gasteiger partial charge on any atom is 0.249 e. The Balaban J connectivity index is 2.04. The number of carbonyl (C=O) groups excluding carboxylic acids is 1. The number of rotatable bonds is 5. The van der Waals surface area contributed by atoms with Crippen molar-refractivity contribution in [2.45, 2.75) is 11.4 Å². The summed E-state index contributed by atoms with van der Waals surface area (Å²) in [5, 5.41) is 5.16. The molecule has 94 valence electrons. The summed E-state index contributed by atoms with van der Waals surface area (Å²) in [4.78, 5) is 13.3. The van der Waals surface area contributed by atoms with Gasteiger partial charge in [0.2, 0.25) is 5.91 Å². The Kier molecular flexibility index (Phi) is 4.28. The van der Waals surface area contributed by atoms with Gasteiger partial charge >= 0.3 is 0 Å². The molecule has 0 saturated carbocycles. The van der Waals surface area contributed by atoms with Gasteiger partial charge in [-0.1, -0.05) is 12.1 Å². The van der Waals surface area contributed by atoms with E-state index in [1.165, 1.54) is 4.90 Å². The zero-order valence-corrected chi connectivity index (χ0v) is 11.6. The fourth-order valence-electron chi connectivity index (χ4n) is 1.58. The predicted octanol–water partition coefficient (Wildman–Crippen LogP) is 3.18. The zero-order valence-electron chi connectivity index (χ0n) is 9.97. The molecule has 0 aliphatic carbocycles. The van der Waals surface area contributed by atoms with E-state index < -0.39 is 0 Å². The summed E-state index contributed by atoms with van der Waals surface area (Å²) in [5.74, 6) is -0.373. The molecule has 18 heavy (non-hydrogen) atoms. The molecular weight excluding hydrogens is 264 g/mol. The van der Waals surface area contributed by atoms with Crippen molar-refractivity contribution in [1.29, 1.82) is 0 Å². The Bertz CT molecular complexity index is 551. The van der Waals surface area contributed by atoms with Crippen LogP contribution < -0.4 is 11.1 Å². The number of thioether (sulfide) groups is 1. The predicted molar refractivity (Wildman–Crippen MR) is 78.4 cm³/mol. The van der Waals surface area contributed by atoms with Crippen LogP contribution in [0.25, 0.3) is 0 Å². The number of para-hydroxylation sites is 1. The van der Waals surface area contributed by atoms with Gasteiger partial charge in [-0.25, -0.2) is 0 Å². The first-order valence-electron chi connectivity index (χ1n) is 5.45. The van der Waals surface area contributed by atoms with Gasteiger partial charge in [0.05, 0.1) is 5.56 Å². The van der Waals surface area contributed by atoms with Crippen LogP contribution in [-0.4, -0.2) is 12.2 Å². The summed E-state index contributed by atoms with van der Waals surface area (Å²) in [5.41, 5.74) is 6.91. The quantitative estimate of drug-likeness (QED) is 0.826. The molecule has 5 heteroatoms. The molecule has 1 heterocycles. The molecular formula is C13H14N2OS2. The van der Waals surface area contributed by atoms with E-state index in [0.29, 0.717) is 12.1 Å². The highest BCUT2D eigenvalue weighted by Crippen LogP contribution is 2.25. The molecule has 3 nitrogen and oxygen atoms in total. The molecule has 0 spiro atoms. The number of hydrogen-bond donors (Lipinski definition) is 2. The van der Waals surface area contributed by atoms with Crippen LogP contribution in [0.3, 0.4) is 0 Å². The second-order valence-corrected chi connectivity index (χ2v) is 5.56. The first kappa shape index (κ1) is 13.0. The fraction of sp³-hybridized carbons (Fsp3) is 0.154. The van der Waals surface area contributed by atoms with Crippen molar-refractivity contribution in [2.75, 3.05) is 11.6 Å². The normalized spacial score (nSPS) is 10.3. The van der Waals surface area contributed by atoms with Crippen molar-refractivity contribution in [3.05, 3.63) is 46.2 Å². The maximum atomic E-state index is 11.0. The monoisotopic (exact) mass is 278 g/mol. The average molecular weight is 278 g/mol. The van der Waals surface area contributed by atoms with Gasteiger partial charge in [0.1, 0.15) is 0 Å². The third-order valence-electron chi connectivity index (χ3n) is 2.50. The van der Waals surface area contributed by atoms with Crippen LogP contribution in [-0.2, 0) is 6.54 Å². The van der Waals surface area contributed by atoms with Gasteiger partial charge in [-0.2, -0.15) is 0 Å². The highest BCUT2D eigenvalue weighted by atomic mass is 32.2. The number of thiophene rings is 1. The highest BCUT2D eigenvalue weighted by Gasteiger charge is 2.05. The van der Waals surface area contributed by atoms with Crippen molar-refractivity contribution in [3.8, 4) is 0 Å². The minimum Gasteiger partial charge on any atom is -0.379 e. The minimum absolute atomic E-state index is 0.373. The largest absolute Gasteiger partial charge is 0.379 e. The molecule has 1 aromatic heterocycles. The molecule has 0 atom stereocenters. The van der Waals surface area contributed by atoms with E-state index >= 15 is 0 Å². The van der Waals surface area contributed by atoms with Crippen LogP contribution in [0, 0.1) is 0 Å². The van der Waals surface area contributed by atoms with E-state index in [-0.39, 0.29) is 5.91 Å². The Morgan fingerprint density at radius 1 is 1.44 bits per heavy atom. The van der Waals surface area contributed by atoms with Crippen molar-refractivity contribution in [2.24, 2.45) is 5.73 Å². The van der Waals surface area contributed by atoms with E-state index in [2.05, 4.69) is 23.7 Å². The summed E-state index contributed by atoms with van der Waals surface area (Å²) in [6.07, 6.45) is 2.05. The van der Waals surface area contributed by atoms with Gasteiger partial charge < -0.3 is 11.1 Å². The molecule has 0 radical (unpaired) electrons. The first-order valence-corrected chi connectivity index (χ1v) is 7.55. The maximum absolute atomic E-state index is 11.0. The second kappa shape index (κ2) is 5.93. The van der Waals surface area contributed by atoms with E-state index in [1.54, 1.807) is 28.5 Å². The summed E-state index contributed by atoms with van der Waals surface area (Å²) >= 11 is 3.25. The first-order chi connectivity index (χ1) is 8.70. The highest BCUT2D eigenvalue weighted by molar-refractivity contribution is 7.98. The Hall–Kier alpha value is -1.46. The van der Waals surface area contributed by atoms with Gasteiger partial charge in [-0.3, -0.25) is 4.79 Å². The van der Waals surface area contributed by atoms with E-state index in [0.717, 1.165) is 10.6 Å². The smallest absolute Gasteiger partial charge is 0.249 e. The topological polar surface area (TPSA) is 55.1 Å². The minimum atomic E-state index is -0.373. The van der Waals surface area contributed by atoms with E-state index in [9.17, 15) is 4.79 Å². The molecule has 1 aromatic carbocycles. The van der Waals surface area contributed by atoms with Crippen molar-refractivity contribution < 1.29 is 4.79 Å². The Labute approximate surface area is 114 Å². The molecule has 3 N–H and O–H groups in total. The number of benzene rings is 1. The lowest BCUT2D eigenvalue weighted by molar-refractivity contribution is 0.100. The third-order valence-corrected chi connectivity index (χ3v) is 4.23. The molecule has 2 aromatic rings. The van der Waals surface area contributed by atoms with E-state index in [4.69, 9.17) is 5.73 Å². The Morgan fingerprint density at radius 3 is 2.89 bits per heavy atom. The van der Waals surface area contributed by atoms with Gasteiger partial charge in [0, 0.05) is 27.4 Å². The standard InChI is InChI=1S/C13H14N2OS2/c1-17-12-5-3-2-4-11(12)15-7-10-6-9(8-18-10)13(14)16/h2-6,8,15H,7H2,1H3,(H2,14,16). The Morgan fingerprint density at radius 2 is 2.22 bits per heavy atom. The van der Waals surface area contributed by atoms with Crippen LogP contribution in [0.5, 0.6) is 0 Å². The average Bonchev–Trinajstić information content (AvgIpc) is 2.85. The SMILES string of the molecule is CSc1ccccc1NCc1cc(C(N)=O)cs1. The molecule has 0 unspecified atom stereocenters. The van der Waals surface area contributed by atoms with Crippen molar-refractivity contribution in [1.82, 2.24) is 0 Å². The number of amides is 1. The van der Waals surface area contributed by atoms with Crippen LogP contribution >= 0.6 is 23.1 Å². The van der Waals surface area contributed by atoms with Gasteiger partial charge in [0.15, 0.2) is 0 Å². The van der Waals surface area contributed by atoms with Crippen molar-refractivity contribution >= 4 is 34.7 Å². The lowest BCUT2D eigenvalue weighted by Crippen LogP contribution is -2.09. The van der Waals surface area contributed by atoms with Gasteiger partial charge in [0.25, 0.3) is 0 Å². The molecule has 0 aliphatic rings. The summed E-state index contributed by atoms with van der Waals surface area (Å²) < 4.78 is 0. The molecule has 2 rings (SSSR count). The molecule has 0 aliphatic heterocycles. The van der Waals surface area contributed by atoms with Gasteiger partial charge in [-0.05, 0) is 24.5 Å². The number of hydrogen-bond acceptors (Lipinski definition) is 4. The zero-order chi connectivity index (χ0) is 13.0. The number of carbonyl (C=O) groups is 1. The van der Waals surface area contributed by atoms with Crippen LogP contribution in [0.15, 0.2) is 40.6 Å². The second-order valence-electron chi connectivity index (χ2n) is 3.72. The molecule has 1 amide bonds. The van der Waals surface area contributed by atoms with Crippen LogP contribution in [0.4, 0.5) is 5.69 Å². The van der Waals surface area contributed by atoms with E-state index in [1.807, 2.05) is 18.2 Å². The number of nitrogens with two attached hydrogens (primary N) is 1. The lowest BCUT2D eigenvalue weighted by Gasteiger charge is -2.08. The lowest BCUT2D eigenvalue weighted by atomic mass is 10.3. The molecule has 0 saturated heterocycles. The summed E-state index contributed by atoms with van der Waals surface area (Å²) in [6.45, 7) is 0.704. The number of nitrogens with one attached hydrogen (secondary N) is 1. The fourth-order valence-corrected chi connectivity index (χ4v) is 2.96. The van der Waals surface area contributed by atoms with Gasteiger partial charge in [-0.15, -0.1) is 23.1 Å². The molecule has 0 bridgehead atoms. The van der Waals surface area contributed by atoms with Crippen LogP contribution in [0.1, 0.15) is 15.2 Å².